The second-order valence-electron chi connectivity index (χ2n) is 4.85. The van der Waals surface area contributed by atoms with Gasteiger partial charge in [0.05, 0.1) is 0 Å². The highest BCUT2D eigenvalue weighted by atomic mass is 79.9. The maximum atomic E-state index is 6.07. The first-order chi connectivity index (χ1) is 6.44. The third-order valence-corrected chi connectivity index (χ3v) is 4.12. The van der Waals surface area contributed by atoms with Gasteiger partial charge >= 0.3 is 0 Å². The number of nitrogens with two attached hydrogens (primary N) is 1. The molecular weight excluding hydrogens is 238 g/mol. The van der Waals surface area contributed by atoms with Gasteiger partial charge in [-0.25, -0.2) is 0 Å². The zero-order chi connectivity index (χ0) is 10.5. The summed E-state index contributed by atoms with van der Waals surface area (Å²) in [6, 6.07) is 6.78. The Morgan fingerprint density at radius 2 is 1.93 bits per heavy atom. The van der Waals surface area contributed by atoms with Crippen LogP contribution < -0.4 is 5.73 Å². The lowest BCUT2D eigenvalue weighted by molar-refractivity contribution is 0.598. The molecule has 2 heteroatoms. The van der Waals surface area contributed by atoms with Crippen LogP contribution >= 0.6 is 15.9 Å². The Hall–Kier alpha value is -0.340. The number of hydrogen-bond donors (Lipinski definition) is 1. The zero-order valence-electron chi connectivity index (χ0n) is 8.84. The highest BCUT2D eigenvalue weighted by Crippen LogP contribution is 2.58. The normalized spacial score (nSPS) is 28.9. The van der Waals surface area contributed by atoms with Crippen LogP contribution in [0.2, 0.25) is 0 Å². The minimum Gasteiger partial charge on any atom is -0.327 e. The van der Waals surface area contributed by atoms with Crippen molar-refractivity contribution in [3.05, 3.63) is 33.8 Å². The summed E-state index contributed by atoms with van der Waals surface area (Å²) < 4.78 is 1.19. The van der Waals surface area contributed by atoms with Crippen LogP contribution in [0.25, 0.3) is 0 Å². The number of hydrogen-bond acceptors (Lipinski definition) is 1. The Labute approximate surface area is 93.8 Å². The van der Waals surface area contributed by atoms with Crippen molar-refractivity contribution in [1.82, 2.24) is 0 Å². The van der Waals surface area contributed by atoms with Gasteiger partial charge in [0.2, 0.25) is 0 Å². The summed E-state index contributed by atoms with van der Waals surface area (Å²) in [4.78, 5) is 0. The van der Waals surface area contributed by atoms with Gasteiger partial charge in [-0.2, -0.15) is 0 Å². The molecule has 1 nitrogen and oxygen atoms in total. The fourth-order valence-corrected chi connectivity index (χ4v) is 2.67. The Morgan fingerprint density at radius 1 is 1.36 bits per heavy atom. The minimum absolute atomic E-state index is 0.260. The van der Waals surface area contributed by atoms with Crippen molar-refractivity contribution in [2.45, 2.75) is 32.7 Å². The molecule has 0 saturated heterocycles. The van der Waals surface area contributed by atoms with E-state index >= 15 is 0 Å². The summed E-state index contributed by atoms with van der Waals surface area (Å²) in [5.74, 6) is 0.511. The predicted octanol–water partition coefficient (Wildman–Crippen LogP) is 3.21. The van der Waals surface area contributed by atoms with E-state index in [-0.39, 0.29) is 5.41 Å². The molecule has 1 saturated carbocycles. The molecule has 0 aliphatic heterocycles. The van der Waals surface area contributed by atoms with E-state index < -0.39 is 0 Å². The fourth-order valence-electron chi connectivity index (χ4n) is 2.17. The van der Waals surface area contributed by atoms with E-state index in [1.165, 1.54) is 15.6 Å². The lowest BCUT2D eigenvalue weighted by Gasteiger charge is -2.06. The zero-order valence-corrected chi connectivity index (χ0v) is 10.4. The summed E-state index contributed by atoms with van der Waals surface area (Å²) in [6.45, 7) is 6.59. The molecule has 76 valence electrons. The van der Waals surface area contributed by atoms with Crippen LogP contribution in [0.3, 0.4) is 0 Å². The maximum absolute atomic E-state index is 6.07. The van der Waals surface area contributed by atoms with E-state index in [9.17, 15) is 0 Å². The van der Waals surface area contributed by atoms with Crippen molar-refractivity contribution in [3.63, 3.8) is 0 Å². The largest absolute Gasteiger partial charge is 0.327 e. The number of aryl methyl sites for hydroxylation is 1. The standard InChI is InChI=1S/C12H16BrN/c1-7-4-5-9(13)8(6-7)10-11(14)12(10,2)3/h4-6,10-11H,14H2,1-3H3. The average molecular weight is 254 g/mol. The predicted molar refractivity (Wildman–Crippen MR) is 63.4 cm³/mol. The van der Waals surface area contributed by atoms with Crippen molar-refractivity contribution in [2.75, 3.05) is 0 Å². The van der Waals surface area contributed by atoms with Gasteiger partial charge in [-0.1, -0.05) is 47.5 Å². The van der Waals surface area contributed by atoms with Crippen molar-refractivity contribution in [1.29, 1.82) is 0 Å². The lowest BCUT2D eigenvalue weighted by Crippen LogP contribution is -2.06. The molecule has 0 spiro atoms. The summed E-state index contributed by atoms with van der Waals surface area (Å²) in [5, 5.41) is 0. The van der Waals surface area contributed by atoms with Gasteiger partial charge < -0.3 is 5.73 Å². The number of benzene rings is 1. The second kappa shape index (κ2) is 3.07. The van der Waals surface area contributed by atoms with Crippen molar-refractivity contribution >= 4 is 15.9 Å². The molecule has 1 aliphatic carbocycles. The highest BCUT2D eigenvalue weighted by Gasteiger charge is 2.56. The van der Waals surface area contributed by atoms with Gasteiger partial charge in [0, 0.05) is 16.4 Å². The van der Waals surface area contributed by atoms with E-state index in [2.05, 4.69) is 54.9 Å². The van der Waals surface area contributed by atoms with Crippen molar-refractivity contribution in [3.8, 4) is 0 Å². The van der Waals surface area contributed by atoms with Crippen LogP contribution in [-0.2, 0) is 0 Å². The van der Waals surface area contributed by atoms with Crippen molar-refractivity contribution < 1.29 is 0 Å². The van der Waals surface area contributed by atoms with E-state index in [1.807, 2.05) is 0 Å². The molecule has 2 atom stereocenters. The van der Waals surface area contributed by atoms with Crippen LogP contribution in [0.5, 0.6) is 0 Å². The molecule has 0 bridgehead atoms. The molecule has 2 unspecified atom stereocenters. The highest BCUT2D eigenvalue weighted by molar-refractivity contribution is 9.10. The molecule has 0 heterocycles. The van der Waals surface area contributed by atoms with Gasteiger partial charge in [-0.3, -0.25) is 0 Å². The van der Waals surface area contributed by atoms with Gasteiger partial charge in [-0.15, -0.1) is 0 Å². The molecule has 0 amide bonds. The van der Waals surface area contributed by atoms with Crippen LogP contribution in [0.15, 0.2) is 22.7 Å². The summed E-state index contributed by atoms with van der Waals surface area (Å²) in [7, 11) is 0. The first-order valence-corrected chi connectivity index (χ1v) is 5.75. The smallest absolute Gasteiger partial charge is 0.0211 e. The molecular formula is C12H16BrN. The Balaban J connectivity index is 2.39. The Kier molecular flexibility index (Phi) is 2.24. The van der Waals surface area contributed by atoms with E-state index in [0.717, 1.165) is 0 Å². The molecule has 2 rings (SSSR count). The molecule has 1 aromatic carbocycles. The van der Waals surface area contributed by atoms with Crippen molar-refractivity contribution in [2.24, 2.45) is 11.1 Å². The first-order valence-electron chi connectivity index (χ1n) is 4.96. The monoisotopic (exact) mass is 253 g/mol. The van der Waals surface area contributed by atoms with E-state index in [0.29, 0.717) is 12.0 Å². The minimum atomic E-state index is 0.260. The van der Waals surface area contributed by atoms with Gasteiger partial charge in [0.25, 0.3) is 0 Å². The van der Waals surface area contributed by atoms with Crippen LogP contribution in [-0.4, -0.2) is 6.04 Å². The maximum Gasteiger partial charge on any atom is 0.0211 e. The van der Waals surface area contributed by atoms with Gasteiger partial charge in [0.1, 0.15) is 0 Å². The topological polar surface area (TPSA) is 26.0 Å². The number of halogens is 1. The van der Waals surface area contributed by atoms with E-state index in [1.54, 1.807) is 0 Å². The molecule has 1 aliphatic rings. The molecule has 14 heavy (non-hydrogen) atoms. The summed E-state index contributed by atoms with van der Waals surface area (Å²) >= 11 is 3.59. The van der Waals surface area contributed by atoms with Crippen LogP contribution in [0, 0.1) is 12.3 Å². The third-order valence-electron chi connectivity index (χ3n) is 3.40. The molecule has 0 aromatic heterocycles. The molecule has 0 radical (unpaired) electrons. The first kappa shape index (κ1) is 10.2. The lowest BCUT2D eigenvalue weighted by atomic mass is 10.0. The Bertz CT molecular complexity index is 371. The number of rotatable bonds is 1. The fraction of sp³-hybridized carbons (Fsp3) is 0.500. The third kappa shape index (κ3) is 1.41. The summed E-state index contributed by atoms with van der Waals surface area (Å²) in [6.07, 6.45) is 0. The van der Waals surface area contributed by atoms with E-state index in [4.69, 9.17) is 5.73 Å². The van der Waals surface area contributed by atoms with Crippen LogP contribution in [0.1, 0.15) is 30.9 Å². The van der Waals surface area contributed by atoms with Gasteiger partial charge in [-0.05, 0) is 24.0 Å². The summed E-state index contributed by atoms with van der Waals surface area (Å²) in [5.41, 5.74) is 9.00. The van der Waals surface area contributed by atoms with Gasteiger partial charge in [0.15, 0.2) is 0 Å². The average Bonchev–Trinajstić information content (AvgIpc) is 2.58. The van der Waals surface area contributed by atoms with Crippen LogP contribution in [0.4, 0.5) is 0 Å². The molecule has 1 fully saturated rings. The molecule has 1 aromatic rings. The quantitative estimate of drug-likeness (QED) is 0.818. The second-order valence-corrected chi connectivity index (χ2v) is 5.70. The molecule has 2 N–H and O–H groups in total. The SMILES string of the molecule is Cc1ccc(Br)c(C2C(N)C2(C)C)c1. The Morgan fingerprint density at radius 3 is 2.43 bits per heavy atom.